The quantitative estimate of drug-likeness (QED) is 0.599. The van der Waals surface area contributed by atoms with Crippen molar-refractivity contribution in [2.45, 2.75) is 6.42 Å². The lowest BCUT2D eigenvalue weighted by molar-refractivity contribution is 0.102. The summed E-state index contributed by atoms with van der Waals surface area (Å²) in [5, 5.41) is 5.87. The molecule has 0 spiro atoms. The van der Waals surface area contributed by atoms with Crippen molar-refractivity contribution in [2.75, 3.05) is 24.3 Å². The van der Waals surface area contributed by atoms with E-state index in [1.807, 2.05) is 24.3 Å². The normalized spacial score (nSPS) is 10.4. The van der Waals surface area contributed by atoms with E-state index in [2.05, 4.69) is 15.6 Å². The predicted molar refractivity (Wildman–Crippen MR) is 109 cm³/mol. The number of halogens is 2. The summed E-state index contributed by atoms with van der Waals surface area (Å²) in [5.74, 6) is 0.202. The maximum atomic E-state index is 13.8. The molecule has 0 bridgehead atoms. The summed E-state index contributed by atoms with van der Waals surface area (Å²) in [4.78, 5) is 16.5. The maximum Gasteiger partial charge on any atom is 0.260 e. The molecule has 1 amide bonds. The number of anilines is 2. The smallest absolute Gasteiger partial charge is 0.260 e. The van der Waals surface area contributed by atoms with Crippen LogP contribution in [0.2, 0.25) is 5.02 Å². The molecule has 0 radical (unpaired) electrons. The molecule has 0 aliphatic heterocycles. The summed E-state index contributed by atoms with van der Waals surface area (Å²) in [5.41, 5.74) is 1.41. The first-order valence-corrected chi connectivity index (χ1v) is 9.03. The zero-order valence-corrected chi connectivity index (χ0v) is 16.0. The van der Waals surface area contributed by atoms with Gasteiger partial charge in [-0.25, -0.2) is 9.37 Å². The lowest BCUT2D eigenvalue weighted by Gasteiger charge is -2.09. The van der Waals surface area contributed by atoms with Gasteiger partial charge in [-0.3, -0.25) is 4.79 Å². The Morgan fingerprint density at radius 3 is 2.71 bits per heavy atom. The summed E-state index contributed by atoms with van der Waals surface area (Å²) >= 11 is 5.91. The third kappa shape index (κ3) is 4.98. The van der Waals surface area contributed by atoms with Crippen molar-refractivity contribution >= 4 is 29.0 Å². The average Bonchev–Trinajstić information content (AvgIpc) is 2.69. The number of nitrogens with one attached hydrogen (secondary N) is 2. The Morgan fingerprint density at radius 1 is 1.18 bits per heavy atom. The van der Waals surface area contributed by atoms with E-state index in [4.69, 9.17) is 16.3 Å². The highest BCUT2D eigenvalue weighted by Crippen LogP contribution is 2.21. The van der Waals surface area contributed by atoms with Gasteiger partial charge in [0.25, 0.3) is 5.91 Å². The van der Waals surface area contributed by atoms with Crippen LogP contribution >= 0.6 is 11.6 Å². The number of pyridine rings is 1. The van der Waals surface area contributed by atoms with Crippen molar-refractivity contribution in [3.05, 3.63) is 82.8 Å². The van der Waals surface area contributed by atoms with Crippen molar-refractivity contribution in [3.8, 4) is 5.75 Å². The molecular weight excluding hydrogens is 381 g/mol. The van der Waals surface area contributed by atoms with Crippen LogP contribution in [0.25, 0.3) is 0 Å². The van der Waals surface area contributed by atoms with Crippen molar-refractivity contribution in [3.63, 3.8) is 0 Å². The summed E-state index contributed by atoms with van der Waals surface area (Å²) in [6.07, 6.45) is 2.31. The average molecular weight is 400 g/mol. The topological polar surface area (TPSA) is 63.2 Å². The Bertz CT molecular complexity index is 944. The molecule has 2 N–H and O–H groups in total. The molecular formula is C21H19ClFN3O2. The Hall–Kier alpha value is -3.12. The second kappa shape index (κ2) is 9.19. The van der Waals surface area contributed by atoms with Crippen LogP contribution in [-0.2, 0) is 6.42 Å². The molecule has 3 rings (SSSR count). The summed E-state index contributed by atoms with van der Waals surface area (Å²) in [6, 6.07) is 15.4. The van der Waals surface area contributed by atoms with E-state index in [9.17, 15) is 9.18 Å². The molecule has 144 valence electrons. The lowest BCUT2D eigenvalue weighted by Crippen LogP contribution is -2.14. The summed E-state index contributed by atoms with van der Waals surface area (Å²) < 4.78 is 19.0. The number of aromatic nitrogens is 1. The fourth-order valence-corrected chi connectivity index (χ4v) is 2.89. The summed E-state index contributed by atoms with van der Waals surface area (Å²) in [7, 11) is 1.64. The van der Waals surface area contributed by atoms with Crippen LogP contribution in [0.5, 0.6) is 5.75 Å². The summed E-state index contributed by atoms with van der Waals surface area (Å²) in [6.45, 7) is 0.691. The lowest BCUT2D eigenvalue weighted by atomic mass is 10.1. The van der Waals surface area contributed by atoms with Crippen LogP contribution in [0, 0.1) is 5.82 Å². The highest BCUT2D eigenvalue weighted by Gasteiger charge is 2.15. The molecule has 0 aliphatic carbocycles. The van der Waals surface area contributed by atoms with Crippen molar-refractivity contribution in [1.29, 1.82) is 0 Å². The molecule has 0 saturated heterocycles. The van der Waals surface area contributed by atoms with Gasteiger partial charge < -0.3 is 15.4 Å². The van der Waals surface area contributed by atoms with Crippen LogP contribution in [0.15, 0.2) is 60.8 Å². The minimum Gasteiger partial charge on any atom is -0.497 e. The predicted octanol–water partition coefficient (Wildman–Crippen LogP) is 4.79. The van der Waals surface area contributed by atoms with Crippen LogP contribution in [0.3, 0.4) is 0 Å². The highest BCUT2D eigenvalue weighted by atomic mass is 35.5. The van der Waals surface area contributed by atoms with Crippen molar-refractivity contribution in [1.82, 2.24) is 4.98 Å². The molecule has 7 heteroatoms. The molecule has 0 unspecified atom stereocenters. The molecule has 0 atom stereocenters. The SMILES string of the molecule is COc1cccc(CCNc2ccc(NC(=O)c3c(F)cccc3Cl)cn2)c1. The number of methoxy groups -OCH3 is 1. The Balaban J connectivity index is 1.55. The van der Waals surface area contributed by atoms with Crippen LogP contribution in [0.1, 0.15) is 15.9 Å². The zero-order valence-electron chi connectivity index (χ0n) is 15.2. The molecule has 5 nitrogen and oxygen atoms in total. The third-order valence-corrected chi connectivity index (χ3v) is 4.38. The van der Waals surface area contributed by atoms with Gasteiger partial charge in [0.2, 0.25) is 0 Å². The monoisotopic (exact) mass is 399 g/mol. The number of benzene rings is 2. The molecule has 1 aromatic heterocycles. The number of hydrogen-bond acceptors (Lipinski definition) is 4. The van der Waals surface area contributed by atoms with Gasteiger partial charge in [0.1, 0.15) is 17.4 Å². The van der Waals surface area contributed by atoms with Crippen LogP contribution in [-0.4, -0.2) is 24.5 Å². The molecule has 3 aromatic rings. The first-order valence-electron chi connectivity index (χ1n) is 8.65. The van der Waals surface area contributed by atoms with E-state index < -0.39 is 11.7 Å². The number of carbonyl (C=O) groups is 1. The van der Waals surface area contributed by atoms with E-state index in [0.717, 1.165) is 17.7 Å². The second-order valence-corrected chi connectivity index (χ2v) is 6.42. The number of nitrogens with zero attached hydrogens (tertiary/aromatic N) is 1. The van der Waals surface area contributed by atoms with Gasteiger partial charge in [-0.15, -0.1) is 0 Å². The van der Waals surface area contributed by atoms with Gasteiger partial charge in [0.05, 0.1) is 29.6 Å². The van der Waals surface area contributed by atoms with Crippen LogP contribution < -0.4 is 15.4 Å². The van der Waals surface area contributed by atoms with E-state index in [1.165, 1.54) is 24.4 Å². The third-order valence-electron chi connectivity index (χ3n) is 4.07. The molecule has 0 saturated carbocycles. The molecule has 28 heavy (non-hydrogen) atoms. The maximum absolute atomic E-state index is 13.8. The minimum absolute atomic E-state index is 0.0567. The van der Waals surface area contributed by atoms with Crippen molar-refractivity contribution in [2.24, 2.45) is 0 Å². The number of amides is 1. The number of rotatable bonds is 7. The first kappa shape index (κ1) is 19.6. The van der Waals surface area contributed by atoms with Gasteiger partial charge in [-0.2, -0.15) is 0 Å². The van der Waals surface area contributed by atoms with Crippen LogP contribution in [0.4, 0.5) is 15.9 Å². The van der Waals surface area contributed by atoms with Gasteiger partial charge in [-0.05, 0) is 48.4 Å². The number of carbonyl (C=O) groups excluding carboxylic acids is 1. The Kier molecular flexibility index (Phi) is 6.45. The molecule has 1 heterocycles. The molecule has 0 aliphatic rings. The highest BCUT2D eigenvalue weighted by molar-refractivity contribution is 6.34. The largest absolute Gasteiger partial charge is 0.497 e. The fraction of sp³-hybridized carbons (Fsp3) is 0.143. The first-order chi connectivity index (χ1) is 13.6. The van der Waals surface area contributed by atoms with Gasteiger partial charge in [0.15, 0.2) is 0 Å². The Morgan fingerprint density at radius 2 is 2.00 bits per heavy atom. The minimum atomic E-state index is -0.672. The molecule has 0 fully saturated rings. The van der Waals surface area contributed by atoms with E-state index in [0.29, 0.717) is 18.1 Å². The van der Waals surface area contributed by atoms with E-state index in [1.54, 1.807) is 19.2 Å². The molecule has 2 aromatic carbocycles. The fourth-order valence-electron chi connectivity index (χ4n) is 2.64. The number of ether oxygens (including phenoxy) is 1. The Labute approximate surface area is 167 Å². The van der Waals surface area contributed by atoms with Crippen molar-refractivity contribution < 1.29 is 13.9 Å². The zero-order chi connectivity index (χ0) is 19.9. The second-order valence-electron chi connectivity index (χ2n) is 6.01. The number of hydrogen-bond donors (Lipinski definition) is 2. The van der Waals surface area contributed by atoms with Gasteiger partial charge in [-0.1, -0.05) is 29.8 Å². The van der Waals surface area contributed by atoms with E-state index in [-0.39, 0.29) is 10.6 Å². The van der Waals surface area contributed by atoms with Gasteiger partial charge >= 0.3 is 0 Å². The standard InChI is InChI=1S/C21H19ClFN3O2/c1-28-16-5-2-4-14(12-16)10-11-24-19-9-8-15(13-25-19)26-21(27)20-17(22)6-3-7-18(20)23/h2-9,12-13H,10-11H2,1H3,(H,24,25)(H,26,27). The van der Waals surface area contributed by atoms with Gasteiger partial charge in [0, 0.05) is 6.54 Å². The van der Waals surface area contributed by atoms with E-state index >= 15 is 0 Å².